The Morgan fingerprint density at radius 1 is 1.70 bits per heavy atom. The van der Waals surface area contributed by atoms with Gasteiger partial charge >= 0.3 is 0 Å². The predicted molar refractivity (Wildman–Crippen MR) is 49.2 cm³/mol. The highest BCUT2D eigenvalue weighted by molar-refractivity contribution is 9.09. The van der Waals surface area contributed by atoms with Gasteiger partial charge in [-0.25, -0.2) is 4.98 Å². The van der Waals surface area contributed by atoms with Crippen LogP contribution in [0.4, 0.5) is 0 Å². The van der Waals surface area contributed by atoms with E-state index in [1.165, 1.54) is 11.3 Å². The highest BCUT2D eigenvalue weighted by Crippen LogP contribution is 2.20. The highest BCUT2D eigenvalue weighted by atomic mass is 79.9. The fraction of sp³-hybridized carbons (Fsp3) is 0.500. The molecule has 0 saturated heterocycles. The van der Waals surface area contributed by atoms with Crippen LogP contribution in [-0.4, -0.2) is 10.3 Å². The van der Waals surface area contributed by atoms with E-state index in [4.69, 9.17) is 11.6 Å². The molecule has 0 fully saturated rings. The van der Waals surface area contributed by atoms with E-state index in [1.54, 1.807) is 5.51 Å². The Bertz CT molecular complexity index is 201. The Hall–Kier alpha value is 0.400. The first-order valence-electron chi connectivity index (χ1n) is 2.98. The molecule has 0 N–H and O–H groups in total. The second kappa shape index (κ2) is 4.31. The van der Waals surface area contributed by atoms with Gasteiger partial charge in [-0.15, -0.1) is 11.3 Å². The van der Waals surface area contributed by atoms with Gasteiger partial charge in [-0.1, -0.05) is 27.5 Å². The molecule has 0 spiro atoms. The number of hydrogen-bond donors (Lipinski definition) is 0. The molecule has 1 rings (SSSR count). The molecule has 0 aliphatic carbocycles. The molecule has 0 bridgehead atoms. The molecule has 0 aliphatic heterocycles. The number of aryl methyl sites for hydroxylation is 1. The topological polar surface area (TPSA) is 12.9 Å². The average molecular weight is 241 g/mol. The second-order valence-corrected chi connectivity index (χ2v) is 4.12. The van der Waals surface area contributed by atoms with E-state index in [1.807, 2.05) is 0 Å². The largest absolute Gasteiger partial charge is 0.248 e. The van der Waals surface area contributed by atoms with Crippen LogP contribution in [0.15, 0.2) is 5.51 Å². The number of thiazole rings is 1. The summed E-state index contributed by atoms with van der Waals surface area (Å²) in [7, 11) is 0. The molecule has 0 atom stereocenters. The second-order valence-electron chi connectivity index (χ2n) is 1.87. The third-order valence-corrected chi connectivity index (χ3v) is 2.84. The maximum Gasteiger partial charge on any atom is 0.116 e. The quantitative estimate of drug-likeness (QED) is 0.740. The van der Waals surface area contributed by atoms with Crippen LogP contribution in [0.3, 0.4) is 0 Å². The first-order valence-corrected chi connectivity index (χ1v) is 5.36. The maximum absolute atomic E-state index is 5.82. The van der Waals surface area contributed by atoms with E-state index in [0.717, 1.165) is 28.2 Å². The number of nitrogens with zero attached hydrogens (tertiary/aromatic N) is 1. The van der Waals surface area contributed by atoms with Crippen LogP contribution in [0.1, 0.15) is 12.1 Å². The molecule has 0 aliphatic rings. The third kappa shape index (κ3) is 2.22. The van der Waals surface area contributed by atoms with Gasteiger partial charge in [0, 0.05) is 5.33 Å². The van der Waals surface area contributed by atoms with Crippen molar-refractivity contribution < 1.29 is 0 Å². The van der Waals surface area contributed by atoms with Crippen LogP contribution in [0.5, 0.6) is 0 Å². The minimum Gasteiger partial charge on any atom is -0.248 e. The number of aromatic nitrogens is 1. The Morgan fingerprint density at radius 3 is 3.00 bits per heavy atom. The summed E-state index contributed by atoms with van der Waals surface area (Å²) in [6, 6.07) is 0. The normalized spacial score (nSPS) is 10.2. The summed E-state index contributed by atoms with van der Waals surface area (Å²) in [5, 5.41) is 1.01. The summed E-state index contributed by atoms with van der Waals surface area (Å²) in [4.78, 5) is 4.12. The van der Waals surface area contributed by atoms with Crippen molar-refractivity contribution in [3.8, 4) is 0 Å². The first-order chi connectivity index (χ1) is 4.84. The van der Waals surface area contributed by atoms with E-state index in [0.29, 0.717) is 0 Å². The van der Waals surface area contributed by atoms with Crippen molar-refractivity contribution >= 4 is 38.9 Å². The van der Waals surface area contributed by atoms with Crippen molar-refractivity contribution in [1.82, 2.24) is 4.98 Å². The number of rotatable bonds is 3. The first kappa shape index (κ1) is 8.50. The lowest BCUT2D eigenvalue weighted by molar-refractivity contribution is 0.908. The Morgan fingerprint density at radius 2 is 2.50 bits per heavy atom. The van der Waals surface area contributed by atoms with E-state index in [2.05, 4.69) is 20.9 Å². The van der Waals surface area contributed by atoms with Crippen LogP contribution in [0.2, 0.25) is 4.34 Å². The lowest BCUT2D eigenvalue weighted by atomic mass is 10.3. The summed E-state index contributed by atoms with van der Waals surface area (Å²) in [5.41, 5.74) is 2.82. The molecule has 1 nitrogen and oxygen atoms in total. The molecule has 56 valence electrons. The Kier molecular flexibility index (Phi) is 3.66. The summed E-state index contributed by atoms with van der Waals surface area (Å²) >= 11 is 10.7. The molecule has 0 unspecified atom stereocenters. The van der Waals surface area contributed by atoms with Crippen LogP contribution in [0.25, 0.3) is 0 Å². The van der Waals surface area contributed by atoms with Gasteiger partial charge in [-0.05, 0) is 12.8 Å². The smallest absolute Gasteiger partial charge is 0.116 e. The molecule has 1 aromatic rings. The van der Waals surface area contributed by atoms with Crippen molar-refractivity contribution in [3.05, 3.63) is 15.5 Å². The monoisotopic (exact) mass is 239 g/mol. The standard InChI is InChI=1S/C6H7BrClNS/c7-3-1-2-5-6(8)10-4-9-5/h4H,1-3H2. The molecular weight excluding hydrogens is 233 g/mol. The lowest BCUT2D eigenvalue weighted by Crippen LogP contribution is -1.85. The summed E-state index contributed by atoms with van der Waals surface area (Å²) in [5.74, 6) is 0. The average Bonchev–Trinajstić information content (AvgIpc) is 2.31. The minimum absolute atomic E-state index is 0.834. The molecule has 4 heteroatoms. The van der Waals surface area contributed by atoms with E-state index >= 15 is 0 Å². The summed E-state index contributed by atoms with van der Waals surface area (Å²) < 4.78 is 0.834. The molecule has 0 saturated carbocycles. The summed E-state index contributed by atoms with van der Waals surface area (Å²) in [6.07, 6.45) is 2.08. The number of halogens is 2. The van der Waals surface area contributed by atoms with Crippen LogP contribution in [0, 0.1) is 0 Å². The SMILES string of the molecule is Clc1scnc1CCCBr. The van der Waals surface area contributed by atoms with E-state index < -0.39 is 0 Å². The highest BCUT2D eigenvalue weighted by Gasteiger charge is 2.00. The molecule has 1 heterocycles. The zero-order valence-corrected chi connectivity index (χ0v) is 8.47. The predicted octanol–water partition coefficient (Wildman–Crippen LogP) is 3.12. The van der Waals surface area contributed by atoms with Crippen LogP contribution in [-0.2, 0) is 6.42 Å². The molecule has 0 radical (unpaired) electrons. The summed E-state index contributed by atoms with van der Waals surface area (Å²) in [6.45, 7) is 0. The lowest BCUT2D eigenvalue weighted by Gasteiger charge is -1.91. The Labute approximate surface area is 77.6 Å². The van der Waals surface area contributed by atoms with Crippen LogP contribution >= 0.6 is 38.9 Å². The van der Waals surface area contributed by atoms with Gasteiger partial charge in [0.05, 0.1) is 11.2 Å². The van der Waals surface area contributed by atoms with Gasteiger partial charge in [0.15, 0.2) is 0 Å². The van der Waals surface area contributed by atoms with Crippen molar-refractivity contribution in [3.63, 3.8) is 0 Å². The Balaban J connectivity index is 2.49. The molecule has 0 amide bonds. The van der Waals surface area contributed by atoms with Crippen molar-refractivity contribution in [2.24, 2.45) is 0 Å². The van der Waals surface area contributed by atoms with Crippen molar-refractivity contribution in [1.29, 1.82) is 0 Å². The van der Waals surface area contributed by atoms with Gasteiger partial charge in [0.1, 0.15) is 4.34 Å². The molecular formula is C6H7BrClNS. The van der Waals surface area contributed by atoms with Gasteiger partial charge in [-0.3, -0.25) is 0 Å². The van der Waals surface area contributed by atoms with Crippen molar-refractivity contribution in [2.45, 2.75) is 12.8 Å². The molecule has 1 aromatic heterocycles. The number of alkyl halides is 1. The van der Waals surface area contributed by atoms with Gasteiger partial charge in [0.25, 0.3) is 0 Å². The minimum atomic E-state index is 0.834. The third-order valence-electron chi connectivity index (χ3n) is 1.14. The van der Waals surface area contributed by atoms with Gasteiger partial charge < -0.3 is 0 Å². The van der Waals surface area contributed by atoms with Crippen LogP contribution < -0.4 is 0 Å². The molecule has 0 aromatic carbocycles. The molecule has 10 heavy (non-hydrogen) atoms. The fourth-order valence-electron chi connectivity index (χ4n) is 0.652. The van der Waals surface area contributed by atoms with Crippen molar-refractivity contribution in [2.75, 3.05) is 5.33 Å². The van der Waals surface area contributed by atoms with Gasteiger partial charge in [0.2, 0.25) is 0 Å². The van der Waals surface area contributed by atoms with E-state index in [9.17, 15) is 0 Å². The fourth-order valence-corrected chi connectivity index (χ4v) is 1.76. The zero-order valence-electron chi connectivity index (χ0n) is 5.31. The van der Waals surface area contributed by atoms with E-state index in [-0.39, 0.29) is 0 Å². The number of hydrogen-bond acceptors (Lipinski definition) is 2. The van der Waals surface area contributed by atoms with Gasteiger partial charge in [-0.2, -0.15) is 0 Å². The zero-order chi connectivity index (χ0) is 7.40. The maximum atomic E-state index is 5.82.